The lowest BCUT2D eigenvalue weighted by Gasteiger charge is -2.32. The van der Waals surface area contributed by atoms with Crippen LogP contribution in [0.3, 0.4) is 0 Å². The van der Waals surface area contributed by atoms with Crippen molar-refractivity contribution < 1.29 is 14.6 Å². The van der Waals surface area contributed by atoms with E-state index in [1.165, 1.54) is 10.4 Å². The predicted molar refractivity (Wildman–Crippen MR) is 87.6 cm³/mol. The number of hydrogen-bond donors (Lipinski definition) is 1. The van der Waals surface area contributed by atoms with Crippen LogP contribution < -0.4 is 0 Å². The maximum atomic E-state index is 12.0. The number of aryl methyl sites for hydroxylation is 2. The predicted octanol–water partition coefficient (Wildman–Crippen LogP) is 4.11. The molecule has 0 aliphatic carbocycles. The minimum Gasteiger partial charge on any atom is -0.460 e. The summed E-state index contributed by atoms with van der Waals surface area (Å²) >= 11 is 1.71. The fraction of sp³-hybridized carbons (Fsp3) is 0.706. The lowest BCUT2D eigenvalue weighted by Crippen LogP contribution is -2.40. The second-order valence-electron chi connectivity index (χ2n) is 7.02. The van der Waals surface area contributed by atoms with Gasteiger partial charge < -0.3 is 9.84 Å². The van der Waals surface area contributed by atoms with Crippen LogP contribution in [0.25, 0.3) is 0 Å². The molecular formula is C17H28O3S. The molecule has 0 fully saturated rings. The summed E-state index contributed by atoms with van der Waals surface area (Å²) in [4.78, 5) is 13.3. The topological polar surface area (TPSA) is 46.5 Å². The summed E-state index contributed by atoms with van der Waals surface area (Å²) in [5.41, 5.74) is -0.279. The Hall–Kier alpha value is -0.870. The number of aliphatic hydroxyl groups is 1. The zero-order valence-corrected chi connectivity index (χ0v) is 14.8. The maximum absolute atomic E-state index is 12.0. The molecule has 1 aromatic heterocycles. The molecule has 0 saturated heterocycles. The fourth-order valence-corrected chi connectivity index (χ4v) is 2.99. The van der Waals surface area contributed by atoms with E-state index >= 15 is 0 Å². The Labute approximate surface area is 132 Å². The van der Waals surface area contributed by atoms with Gasteiger partial charge in [0, 0.05) is 4.88 Å². The number of esters is 1. The molecule has 1 rings (SSSR count). The first kappa shape index (κ1) is 18.2. The van der Waals surface area contributed by atoms with Crippen molar-refractivity contribution in [1.29, 1.82) is 0 Å². The molecule has 1 atom stereocenters. The van der Waals surface area contributed by atoms with Gasteiger partial charge in [0.1, 0.15) is 5.60 Å². The van der Waals surface area contributed by atoms with Crippen LogP contribution in [0.1, 0.15) is 57.9 Å². The first-order valence-electron chi connectivity index (χ1n) is 7.51. The third kappa shape index (κ3) is 5.79. The number of rotatable bonds is 6. The van der Waals surface area contributed by atoms with Crippen LogP contribution in [-0.4, -0.2) is 22.3 Å². The molecule has 1 N–H and O–H groups in total. The highest BCUT2D eigenvalue weighted by molar-refractivity contribution is 7.10. The van der Waals surface area contributed by atoms with Gasteiger partial charge in [0.05, 0.1) is 12.0 Å². The molecule has 0 bridgehead atoms. The van der Waals surface area contributed by atoms with Crippen molar-refractivity contribution in [2.45, 2.75) is 72.0 Å². The van der Waals surface area contributed by atoms with E-state index in [4.69, 9.17) is 4.74 Å². The molecule has 120 valence electrons. The molecule has 3 nitrogen and oxygen atoms in total. The molecule has 0 aliphatic heterocycles. The summed E-state index contributed by atoms with van der Waals surface area (Å²) in [6, 6.07) is 2.09. The molecule has 0 spiro atoms. The van der Waals surface area contributed by atoms with Gasteiger partial charge in [-0.1, -0.05) is 13.8 Å². The molecular weight excluding hydrogens is 284 g/mol. The van der Waals surface area contributed by atoms with Crippen LogP contribution in [0.5, 0.6) is 0 Å². The number of thiophene rings is 1. The highest BCUT2D eigenvalue weighted by Crippen LogP contribution is 2.29. The van der Waals surface area contributed by atoms with Crippen LogP contribution in [0.15, 0.2) is 11.4 Å². The average Bonchev–Trinajstić information content (AvgIpc) is 2.69. The van der Waals surface area contributed by atoms with E-state index in [0.717, 1.165) is 6.42 Å². The number of hydrogen-bond acceptors (Lipinski definition) is 4. The van der Waals surface area contributed by atoms with Crippen LogP contribution in [0, 0.1) is 12.8 Å². The van der Waals surface area contributed by atoms with Crippen LogP contribution >= 0.6 is 11.3 Å². The van der Waals surface area contributed by atoms with E-state index in [9.17, 15) is 9.90 Å². The first-order chi connectivity index (χ1) is 9.53. The average molecular weight is 312 g/mol. The molecule has 1 heterocycles. The number of ether oxygens (including phenoxy) is 1. The Morgan fingerprint density at radius 2 is 2.00 bits per heavy atom. The van der Waals surface area contributed by atoms with E-state index in [1.807, 2.05) is 34.6 Å². The highest BCUT2D eigenvalue weighted by atomic mass is 32.1. The smallest absolute Gasteiger partial charge is 0.309 e. The minimum atomic E-state index is -1.02. The number of carbonyl (C=O) groups is 1. The van der Waals surface area contributed by atoms with Gasteiger partial charge >= 0.3 is 5.97 Å². The minimum absolute atomic E-state index is 0.00367. The van der Waals surface area contributed by atoms with Crippen molar-refractivity contribution >= 4 is 17.3 Å². The van der Waals surface area contributed by atoms with Crippen molar-refractivity contribution in [2.24, 2.45) is 5.92 Å². The lowest BCUT2D eigenvalue weighted by atomic mass is 9.82. The summed E-state index contributed by atoms with van der Waals surface area (Å²) in [5, 5.41) is 12.9. The third-order valence-electron chi connectivity index (χ3n) is 3.74. The van der Waals surface area contributed by atoms with Gasteiger partial charge in [-0.05, 0) is 63.5 Å². The van der Waals surface area contributed by atoms with Crippen molar-refractivity contribution in [1.82, 2.24) is 0 Å². The van der Waals surface area contributed by atoms with Crippen LogP contribution in [-0.2, 0) is 16.0 Å². The largest absolute Gasteiger partial charge is 0.460 e. The van der Waals surface area contributed by atoms with Crippen molar-refractivity contribution in [3.05, 3.63) is 21.9 Å². The van der Waals surface area contributed by atoms with Gasteiger partial charge in [-0.2, -0.15) is 0 Å². The summed E-state index contributed by atoms with van der Waals surface area (Å²) in [7, 11) is 0. The second kappa shape index (κ2) is 6.93. The maximum Gasteiger partial charge on any atom is 0.309 e. The van der Waals surface area contributed by atoms with Crippen LogP contribution in [0.4, 0.5) is 0 Å². The molecule has 0 unspecified atom stereocenters. The van der Waals surface area contributed by atoms with Crippen LogP contribution in [0.2, 0.25) is 0 Å². The summed E-state index contributed by atoms with van der Waals surface area (Å²) in [6.07, 6.45) is 1.40. The van der Waals surface area contributed by atoms with Gasteiger partial charge in [0.15, 0.2) is 0 Å². The van der Waals surface area contributed by atoms with Gasteiger partial charge in [0.25, 0.3) is 0 Å². The van der Waals surface area contributed by atoms with Gasteiger partial charge in [0.2, 0.25) is 0 Å². The quantitative estimate of drug-likeness (QED) is 0.804. The standard InChI is InChI=1S/C17H28O3S/c1-12(2)17(19,11-15(18)20-16(4,5)6)9-7-14-8-10-21-13(14)3/h8,10,12,19H,7,9,11H2,1-6H3/t17-/m0/s1. The Balaban J connectivity index is 2.70. The summed E-state index contributed by atoms with van der Waals surface area (Å²) in [5.74, 6) is -0.329. The van der Waals surface area contributed by atoms with E-state index in [1.54, 1.807) is 11.3 Å². The Kier molecular flexibility index (Phi) is 6.00. The molecule has 4 heteroatoms. The molecule has 0 radical (unpaired) electrons. The second-order valence-corrected chi connectivity index (χ2v) is 8.14. The van der Waals surface area contributed by atoms with Gasteiger partial charge in [-0.25, -0.2) is 0 Å². The molecule has 0 aromatic carbocycles. The molecule has 0 saturated carbocycles. The van der Waals surface area contributed by atoms with Crippen molar-refractivity contribution in [3.63, 3.8) is 0 Å². The zero-order valence-electron chi connectivity index (χ0n) is 14.0. The molecule has 0 amide bonds. The van der Waals surface area contributed by atoms with Gasteiger partial charge in [-0.15, -0.1) is 11.3 Å². The van der Waals surface area contributed by atoms with E-state index < -0.39 is 11.2 Å². The monoisotopic (exact) mass is 312 g/mol. The molecule has 0 aliphatic rings. The van der Waals surface area contributed by atoms with Gasteiger partial charge in [-0.3, -0.25) is 4.79 Å². The SMILES string of the molecule is Cc1sccc1CC[C@](O)(CC(=O)OC(C)(C)C)C(C)C. The van der Waals surface area contributed by atoms with E-state index in [0.29, 0.717) is 6.42 Å². The highest BCUT2D eigenvalue weighted by Gasteiger charge is 2.35. The Morgan fingerprint density at radius 3 is 2.43 bits per heavy atom. The Morgan fingerprint density at radius 1 is 1.38 bits per heavy atom. The van der Waals surface area contributed by atoms with Crippen molar-refractivity contribution in [2.75, 3.05) is 0 Å². The van der Waals surface area contributed by atoms with E-state index in [2.05, 4.69) is 18.4 Å². The molecule has 21 heavy (non-hydrogen) atoms. The Bertz CT molecular complexity index is 471. The zero-order chi connectivity index (χ0) is 16.3. The number of carbonyl (C=O) groups excluding carboxylic acids is 1. The first-order valence-corrected chi connectivity index (χ1v) is 8.39. The summed E-state index contributed by atoms with van der Waals surface area (Å²) < 4.78 is 5.35. The van der Waals surface area contributed by atoms with E-state index in [-0.39, 0.29) is 18.3 Å². The normalized spacial score (nSPS) is 15.0. The summed E-state index contributed by atoms with van der Waals surface area (Å²) in [6.45, 7) is 11.5. The van der Waals surface area contributed by atoms with Crippen molar-refractivity contribution in [3.8, 4) is 0 Å². The lowest BCUT2D eigenvalue weighted by molar-refractivity contribution is -0.162. The fourth-order valence-electron chi connectivity index (χ4n) is 2.23. The molecule has 1 aromatic rings. The third-order valence-corrected chi connectivity index (χ3v) is 4.63.